The molecule has 2 aromatic carbocycles. The van der Waals surface area contributed by atoms with Crippen molar-refractivity contribution in [3.05, 3.63) is 84.9 Å². The van der Waals surface area contributed by atoms with Gasteiger partial charge in [0.2, 0.25) is 5.88 Å². The van der Waals surface area contributed by atoms with E-state index in [2.05, 4.69) is 4.98 Å². The third kappa shape index (κ3) is 4.76. The summed E-state index contributed by atoms with van der Waals surface area (Å²) in [6.45, 7) is 2.51. The number of aromatic nitrogens is 2. The number of benzene rings is 2. The predicted molar refractivity (Wildman–Crippen MR) is 131 cm³/mol. The molecule has 2 N–H and O–H groups in total. The highest BCUT2D eigenvalue weighted by atomic mass is 32.2. The molecule has 170 valence electrons. The van der Waals surface area contributed by atoms with Gasteiger partial charge in [-0.05, 0) is 36.3 Å². The standard InChI is InChI=1S/C23H22N4O4S2/c1-2-3-12-26-22(29)20(21(28)25-23(26)32)17-13-19(14-8-10-15(11-9-14)27(30)31)33-18-7-5-4-6-16(18)24-17/h4-11,19,29H,2-3,12-13H2,1H3,(H,25,28,32)/t19-/m0/s1. The number of hydrogen-bond donors (Lipinski definition) is 2. The van der Waals surface area contributed by atoms with Gasteiger partial charge in [-0.15, -0.1) is 11.8 Å². The van der Waals surface area contributed by atoms with Crippen LogP contribution < -0.4 is 5.56 Å². The molecule has 0 spiro atoms. The second-order valence-electron chi connectivity index (χ2n) is 7.65. The average molecular weight is 483 g/mol. The summed E-state index contributed by atoms with van der Waals surface area (Å²) in [7, 11) is 0. The third-order valence-electron chi connectivity index (χ3n) is 5.44. The zero-order valence-electron chi connectivity index (χ0n) is 17.9. The molecule has 10 heteroatoms. The van der Waals surface area contributed by atoms with Crippen LogP contribution in [0.25, 0.3) is 0 Å². The van der Waals surface area contributed by atoms with Crippen molar-refractivity contribution >= 4 is 41.1 Å². The van der Waals surface area contributed by atoms with Crippen molar-refractivity contribution in [1.29, 1.82) is 0 Å². The molecule has 33 heavy (non-hydrogen) atoms. The zero-order valence-corrected chi connectivity index (χ0v) is 19.5. The Morgan fingerprint density at radius 3 is 2.70 bits per heavy atom. The fourth-order valence-electron chi connectivity index (χ4n) is 3.71. The molecule has 1 atom stereocenters. The van der Waals surface area contributed by atoms with E-state index in [1.54, 1.807) is 23.9 Å². The van der Waals surface area contributed by atoms with Gasteiger partial charge in [0, 0.05) is 35.2 Å². The number of aromatic hydroxyl groups is 1. The molecule has 2 heterocycles. The number of nitrogens with zero attached hydrogens (tertiary/aromatic N) is 3. The first-order chi connectivity index (χ1) is 15.9. The fraction of sp³-hybridized carbons (Fsp3) is 0.261. The number of non-ortho nitro benzene ring substituents is 1. The quantitative estimate of drug-likeness (QED) is 0.266. The monoisotopic (exact) mass is 482 g/mol. The number of aromatic amines is 1. The van der Waals surface area contributed by atoms with E-state index >= 15 is 0 Å². The third-order valence-corrected chi connectivity index (χ3v) is 7.09. The maximum absolute atomic E-state index is 12.9. The van der Waals surface area contributed by atoms with E-state index in [1.165, 1.54) is 16.7 Å². The minimum Gasteiger partial charge on any atom is -0.494 e. The lowest BCUT2D eigenvalue weighted by Crippen LogP contribution is -2.24. The van der Waals surface area contributed by atoms with Gasteiger partial charge in [0.25, 0.3) is 11.2 Å². The molecule has 0 aliphatic carbocycles. The summed E-state index contributed by atoms with van der Waals surface area (Å²) in [5, 5.41) is 21.9. The van der Waals surface area contributed by atoms with Crippen molar-refractivity contribution in [2.75, 3.05) is 0 Å². The summed E-state index contributed by atoms with van der Waals surface area (Å²) in [6.07, 6.45) is 2.05. The largest absolute Gasteiger partial charge is 0.494 e. The summed E-state index contributed by atoms with van der Waals surface area (Å²) >= 11 is 6.84. The highest BCUT2D eigenvalue weighted by Crippen LogP contribution is 2.46. The molecule has 8 nitrogen and oxygen atoms in total. The van der Waals surface area contributed by atoms with Crippen LogP contribution in [-0.4, -0.2) is 25.3 Å². The van der Waals surface area contributed by atoms with Gasteiger partial charge < -0.3 is 5.11 Å². The van der Waals surface area contributed by atoms with Gasteiger partial charge in [-0.1, -0.05) is 37.6 Å². The van der Waals surface area contributed by atoms with Crippen LogP contribution in [0.4, 0.5) is 11.4 Å². The van der Waals surface area contributed by atoms with Crippen LogP contribution in [0.15, 0.2) is 63.2 Å². The molecule has 0 saturated carbocycles. The Morgan fingerprint density at radius 2 is 2.00 bits per heavy atom. The van der Waals surface area contributed by atoms with Crippen LogP contribution in [0.3, 0.4) is 0 Å². The lowest BCUT2D eigenvalue weighted by atomic mass is 10.0. The molecular formula is C23H22N4O4S2. The van der Waals surface area contributed by atoms with E-state index in [1.807, 2.05) is 31.2 Å². The number of hydrogen-bond acceptors (Lipinski definition) is 7. The van der Waals surface area contributed by atoms with Gasteiger partial charge in [-0.2, -0.15) is 0 Å². The first-order valence-corrected chi connectivity index (χ1v) is 11.8. The summed E-state index contributed by atoms with van der Waals surface area (Å²) in [5.41, 5.74) is 1.63. The minimum absolute atomic E-state index is 0.0127. The molecule has 1 aliphatic heterocycles. The Morgan fingerprint density at radius 1 is 1.27 bits per heavy atom. The van der Waals surface area contributed by atoms with Crippen LogP contribution in [-0.2, 0) is 6.54 Å². The Balaban J connectivity index is 1.84. The van der Waals surface area contributed by atoms with E-state index in [0.29, 0.717) is 24.4 Å². The van der Waals surface area contributed by atoms with Gasteiger partial charge >= 0.3 is 0 Å². The molecule has 0 bridgehead atoms. The number of H-pyrrole nitrogens is 1. The predicted octanol–water partition coefficient (Wildman–Crippen LogP) is 5.68. The van der Waals surface area contributed by atoms with Crippen molar-refractivity contribution in [2.45, 2.75) is 42.9 Å². The first kappa shape index (κ1) is 22.9. The lowest BCUT2D eigenvalue weighted by molar-refractivity contribution is -0.384. The Bertz CT molecular complexity index is 1350. The number of rotatable bonds is 6. The number of aliphatic imine (C=N–C) groups is 1. The van der Waals surface area contributed by atoms with Crippen LogP contribution >= 0.6 is 24.0 Å². The molecule has 3 aromatic rings. The zero-order chi connectivity index (χ0) is 23.5. The SMILES string of the molecule is CCCCn1c(O)c(C2=Nc3ccccc3S[C@H](c3ccc([N+](=O)[O-])cc3)C2)c(=O)[nH]c1=S. The van der Waals surface area contributed by atoms with Gasteiger partial charge in [-0.25, -0.2) is 0 Å². The topological polar surface area (TPSA) is 114 Å². The second-order valence-corrected chi connectivity index (χ2v) is 9.28. The Kier molecular flexibility index (Phi) is 6.75. The molecule has 1 aromatic heterocycles. The summed E-state index contributed by atoms with van der Waals surface area (Å²) < 4.78 is 1.70. The number of para-hydroxylation sites is 1. The number of thioether (sulfide) groups is 1. The molecule has 0 fully saturated rings. The number of nitro groups is 1. The van der Waals surface area contributed by atoms with E-state index in [9.17, 15) is 20.0 Å². The van der Waals surface area contributed by atoms with Gasteiger partial charge in [0.05, 0.1) is 16.3 Å². The number of nitro benzene ring substituents is 1. The highest BCUT2D eigenvalue weighted by molar-refractivity contribution is 7.99. The van der Waals surface area contributed by atoms with Crippen molar-refractivity contribution in [1.82, 2.24) is 9.55 Å². The molecule has 4 rings (SSSR count). The van der Waals surface area contributed by atoms with Crippen molar-refractivity contribution in [2.24, 2.45) is 4.99 Å². The number of fused-ring (bicyclic) bond motifs is 1. The van der Waals surface area contributed by atoms with Crippen molar-refractivity contribution in [3.63, 3.8) is 0 Å². The van der Waals surface area contributed by atoms with E-state index in [0.717, 1.165) is 23.3 Å². The lowest BCUT2D eigenvalue weighted by Gasteiger charge is -2.17. The van der Waals surface area contributed by atoms with Gasteiger partial charge in [0.15, 0.2) is 4.77 Å². The Hall–Kier alpha value is -3.24. The molecular weight excluding hydrogens is 460 g/mol. The van der Waals surface area contributed by atoms with Crippen LogP contribution in [0.5, 0.6) is 5.88 Å². The summed E-state index contributed by atoms with van der Waals surface area (Å²) in [5.74, 6) is -0.192. The van der Waals surface area contributed by atoms with Crippen molar-refractivity contribution in [3.8, 4) is 5.88 Å². The minimum atomic E-state index is -0.490. The molecule has 1 aliphatic rings. The summed E-state index contributed by atoms with van der Waals surface area (Å²) in [4.78, 5) is 31.9. The van der Waals surface area contributed by atoms with Gasteiger partial charge in [0.1, 0.15) is 5.56 Å². The average Bonchev–Trinajstić information content (AvgIpc) is 2.98. The normalized spacial score (nSPS) is 15.4. The number of unbranched alkanes of at least 4 members (excludes halogenated alkanes) is 1. The van der Waals surface area contributed by atoms with Crippen LogP contribution in [0.1, 0.15) is 42.6 Å². The maximum atomic E-state index is 12.9. The van der Waals surface area contributed by atoms with E-state index in [4.69, 9.17) is 17.2 Å². The molecule has 0 radical (unpaired) electrons. The van der Waals surface area contributed by atoms with E-state index in [-0.39, 0.29) is 27.2 Å². The van der Waals surface area contributed by atoms with E-state index < -0.39 is 10.5 Å². The van der Waals surface area contributed by atoms with Gasteiger partial charge in [-0.3, -0.25) is 29.5 Å². The van der Waals surface area contributed by atoms with Crippen LogP contribution in [0, 0.1) is 14.9 Å². The molecule has 0 unspecified atom stereocenters. The molecule has 0 amide bonds. The van der Waals surface area contributed by atoms with Crippen LogP contribution in [0.2, 0.25) is 0 Å². The Labute approximate surface area is 199 Å². The highest BCUT2D eigenvalue weighted by Gasteiger charge is 2.27. The van der Waals surface area contributed by atoms with Crippen molar-refractivity contribution < 1.29 is 10.0 Å². The number of nitrogens with one attached hydrogen (secondary N) is 1. The summed E-state index contributed by atoms with van der Waals surface area (Å²) in [6, 6.07) is 14.0. The second kappa shape index (κ2) is 9.72. The fourth-order valence-corrected chi connectivity index (χ4v) is 5.21. The molecule has 0 saturated heterocycles. The maximum Gasteiger partial charge on any atom is 0.269 e. The smallest absolute Gasteiger partial charge is 0.269 e. The first-order valence-electron chi connectivity index (χ1n) is 10.5.